The fourth-order valence-corrected chi connectivity index (χ4v) is 1.59. The molecular formula is C13H18. The predicted molar refractivity (Wildman–Crippen MR) is 59.6 cm³/mol. The van der Waals surface area contributed by atoms with E-state index in [9.17, 15) is 0 Å². The summed E-state index contributed by atoms with van der Waals surface area (Å²) < 4.78 is 0. The summed E-state index contributed by atoms with van der Waals surface area (Å²) in [6.45, 7) is 5.96. The van der Waals surface area contributed by atoms with Crippen molar-refractivity contribution in [3.8, 4) is 0 Å². The minimum Gasteiger partial charge on any atom is -0.0991 e. The van der Waals surface area contributed by atoms with Gasteiger partial charge in [0.1, 0.15) is 0 Å². The molecule has 1 aliphatic carbocycles. The Kier molecular flexibility index (Phi) is 4.31. The first kappa shape index (κ1) is 10.0. The van der Waals surface area contributed by atoms with Gasteiger partial charge in [-0.2, -0.15) is 0 Å². The second-order valence-corrected chi connectivity index (χ2v) is 3.32. The average molecular weight is 174 g/mol. The van der Waals surface area contributed by atoms with E-state index in [1.807, 2.05) is 6.08 Å². The third-order valence-corrected chi connectivity index (χ3v) is 2.20. The van der Waals surface area contributed by atoms with E-state index in [1.54, 1.807) is 0 Å². The van der Waals surface area contributed by atoms with Crippen molar-refractivity contribution in [1.29, 1.82) is 0 Å². The normalized spacial score (nSPS) is 17.0. The van der Waals surface area contributed by atoms with Gasteiger partial charge in [-0.3, -0.25) is 0 Å². The van der Waals surface area contributed by atoms with E-state index in [1.165, 1.54) is 30.4 Å². The van der Waals surface area contributed by atoms with E-state index in [0.717, 1.165) is 6.42 Å². The Hall–Kier alpha value is -1.04. The number of hydrogen-bond acceptors (Lipinski definition) is 0. The molecule has 70 valence electrons. The predicted octanol–water partition coefficient (Wildman–Crippen LogP) is 4.18. The summed E-state index contributed by atoms with van der Waals surface area (Å²) in [5.74, 6) is 0. The molecule has 0 saturated heterocycles. The van der Waals surface area contributed by atoms with Crippen molar-refractivity contribution in [2.45, 2.75) is 32.6 Å². The van der Waals surface area contributed by atoms with Crippen LogP contribution in [0.3, 0.4) is 0 Å². The second-order valence-electron chi connectivity index (χ2n) is 3.32. The van der Waals surface area contributed by atoms with Gasteiger partial charge < -0.3 is 0 Å². The Balaban J connectivity index is 2.74. The Labute approximate surface area is 81.4 Å². The van der Waals surface area contributed by atoms with Crippen LogP contribution in [-0.2, 0) is 0 Å². The lowest BCUT2D eigenvalue weighted by Crippen LogP contribution is -1.90. The zero-order chi connectivity index (χ0) is 9.52. The highest BCUT2D eigenvalue weighted by Gasteiger charge is 2.02. The summed E-state index contributed by atoms with van der Waals surface area (Å²) in [5.41, 5.74) is 2.82. The van der Waals surface area contributed by atoms with Gasteiger partial charge in [0.25, 0.3) is 0 Å². The molecule has 0 amide bonds. The highest BCUT2D eigenvalue weighted by molar-refractivity contribution is 5.42. The topological polar surface area (TPSA) is 0 Å². The third kappa shape index (κ3) is 3.06. The summed E-state index contributed by atoms with van der Waals surface area (Å²) in [5, 5.41) is 0. The number of rotatable bonds is 4. The van der Waals surface area contributed by atoms with Crippen LogP contribution in [0.2, 0.25) is 0 Å². The summed E-state index contributed by atoms with van der Waals surface area (Å²) in [4.78, 5) is 0. The van der Waals surface area contributed by atoms with Gasteiger partial charge in [0.15, 0.2) is 0 Å². The van der Waals surface area contributed by atoms with Gasteiger partial charge in [0.05, 0.1) is 0 Å². The van der Waals surface area contributed by atoms with Gasteiger partial charge in [-0.1, -0.05) is 50.3 Å². The SMILES string of the molecule is C=C/C=C(\CCC)C1=CCCC=C1. The van der Waals surface area contributed by atoms with Crippen LogP contribution in [0, 0.1) is 0 Å². The molecule has 1 aliphatic rings. The largest absolute Gasteiger partial charge is 0.0991 e. The second kappa shape index (κ2) is 5.58. The molecule has 13 heavy (non-hydrogen) atoms. The Morgan fingerprint density at radius 2 is 2.38 bits per heavy atom. The van der Waals surface area contributed by atoms with Crippen molar-refractivity contribution in [1.82, 2.24) is 0 Å². The summed E-state index contributed by atoms with van der Waals surface area (Å²) in [7, 11) is 0. The van der Waals surface area contributed by atoms with Gasteiger partial charge in [-0.05, 0) is 30.4 Å². The van der Waals surface area contributed by atoms with Crippen molar-refractivity contribution in [3.05, 3.63) is 48.1 Å². The van der Waals surface area contributed by atoms with E-state index >= 15 is 0 Å². The lowest BCUT2D eigenvalue weighted by molar-refractivity contribution is 0.907. The van der Waals surface area contributed by atoms with Crippen LogP contribution in [0.5, 0.6) is 0 Å². The standard InChI is InChI=1S/C13H18/c1-3-8-12(9-4-2)13-10-6-5-7-11-13/h3,6,8,10-11H,1,4-5,7,9H2,2H3/b12-8+. The van der Waals surface area contributed by atoms with Crippen LogP contribution in [0.15, 0.2) is 48.1 Å². The molecule has 1 rings (SSSR count). The van der Waals surface area contributed by atoms with E-state index in [4.69, 9.17) is 0 Å². The van der Waals surface area contributed by atoms with Crippen LogP contribution >= 0.6 is 0 Å². The van der Waals surface area contributed by atoms with Crippen LogP contribution in [0.1, 0.15) is 32.6 Å². The molecule has 0 spiro atoms. The van der Waals surface area contributed by atoms with Crippen molar-refractivity contribution in [3.63, 3.8) is 0 Å². The fourth-order valence-electron chi connectivity index (χ4n) is 1.59. The molecule has 0 radical (unpaired) electrons. The molecule has 0 heteroatoms. The summed E-state index contributed by atoms with van der Waals surface area (Å²) >= 11 is 0. The zero-order valence-electron chi connectivity index (χ0n) is 8.42. The lowest BCUT2D eigenvalue weighted by atomic mass is 9.96. The molecule has 0 bridgehead atoms. The van der Waals surface area contributed by atoms with Gasteiger partial charge in [0.2, 0.25) is 0 Å². The molecule has 0 aromatic carbocycles. The lowest BCUT2D eigenvalue weighted by Gasteiger charge is -2.10. The van der Waals surface area contributed by atoms with Crippen LogP contribution < -0.4 is 0 Å². The van der Waals surface area contributed by atoms with E-state index in [2.05, 4.69) is 37.8 Å². The van der Waals surface area contributed by atoms with E-state index < -0.39 is 0 Å². The van der Waals surface area contributed by atoms with Crippen LogP contribution in [0.4, 0.5) is 0 Å². The maximum atomic E-state index is 3.75. The van der Waals surface area contributed by atoms with Gasteiger partial charge in [0, 0.05) is 0 Å². The summed E-state index contributed by atoms with van der Waals surface area (Å²) in [6, 6.07) is 0. The van der Waals surface area contributed by atoms with Crippen LogP contribution in [-0.4, -0.2) is 0 Å². The molecule has 0 aromatic rings. The molecule has 0 saturated carbocycles. The molecule has 0 unspecified atom stereocenters. The van der Waals surface area contributed by atoms with Crippen molar-refractivity contribution in [2.24, 2.45) is 0 Å². The van der Waals surface area contributed by atoms with Crippen molar-refractivity contribution in [2.75, 3.05) is 0 Å². The van der Waals surface area contributed by atoms with Crippen molar-refractivity contribution >= 4 is 0 Å². The third-order valence-electron chi connectivity index (χ3n) is 2.20. The monoisotopic (exact) mass is 174 g/mol. The van der Waals surface area contributed by atoms with Gasteiger partial charge in [-0.15, -0.1) is 0 Å². The average Bonchev–Trinajstić information content (AvgIpc) is 2.19. The van der Waals surface area contributed by atoms with Gasteiger partial charge in [-0.25, -0.2) is 0 Å². The molecule has 0 heterocycles. The zero-order valence-corrected chi connectivity index (χ0v) is 8.42. The van der Waals surface area contributed by atoms with E-state index in [0.29, 0.717) is 0 Å². The molecule has 0 N–H and O–H groups in total. The molecule has 0 aliphatic heterocycles. The molecular weight excluding hydrogens is 156 g/mol. The highest BCUT2D eigenvalue weighted by atomic mass is 14.1. The highest BCUT2D eigenvalue weighted by Crippen LogP contribution is 2.21. The number of hydrogen-bond donors (Lipinski definition) is 0. The number of allylic oxidation sites excluding steroid dienone is 7. The fraction of sp³-hybridized carbons (Fsp3) is 0.385. The molecule has 0 atom stereocenters. The first-order chi connectivity index (χ1) is 6.38. The van der Waals surface area contributed by atoms with E-state index in [-0.39, 0.29) is 0 Å². The smallest absolute Gasteiger partial charge is 0.0268 e. The first-order valence-electron chi connectivity index (χ1n) is 5.07. The minimum atomic E-state index is 1.15. The maximum Gasteiger partial charge on any atom is -0.0268 e. The minimum absolute atomic E-state index is 1.15. The van der Waals surface area contributed by atoms with Crippen LogP contribution in [0.25, 0.3) is 0 Å². The van der Waals surface area contributed by atoms with Crippen molar-refractivity contribution < 1.29 is 0 Å². The molecule has 0 aromatic heterocycles. The molecule has 0 fully saturated rings. The Morgan fingerprint density at radius 3 is 2.92 bits per heavy atom. The molecule has 0 nitrogen and oxygen atoms in total. The Bertz CT molecular complexity index is 251. The maximum absolute atomic E-state index is 3.75. The summed E-state index contributed by atoms with van der Waals surface area (Å²) in [6.07, 6.45) is 15.6. The first-order valence-corrected chi connectivity index (χ1v) is 5.07. The quantitative estimate of drug-likeness (QED) is 0.561. The van der Waals surface area contributed by atoms with Gasteiger partial charge >= 0.3 is 0 Å². The Morgan fingerprint density at radius 1 is 1.54 bits per heavy atom.